The van der Waals surface area contributed by atoms with Gasteiger partial charge in [0.2, 0.25) is 0 Å². The first-order valence-electron chi connectivity index (χ1n) is 6.65. The van der Waals surface area contributed by atoms with E-state index in [1.807, 2.05) is 0 Å². The molecule has 2 aromatic carbocycles. The lowest BCUT2D eigenvalue weighted by molar-refractivity contribution is 0.0526. The molecule has 0 unspecified atom stereocenters. The highest BCUT2D eigenvalue weighted by atomic mass is 35.5. The Morgan fingerprint density at radius 2 is 1.91 bits per heavy atom. The summed E-state index contributed by atoms with van der Waals surface area (Å²) >= 11 is 11.5. The van der Waals surface area contributed by atoms with E-state index in [0.717, 1.165) is 12.1 Å². The van der Waals surface area contributed by atoms with Crippen molar-refractivity contribution in [2.45, 2.75) is 6.92 Å². The number of carbonyl (C=O) groups excluding carboxylic acids is 2. The molecule has 1 N–H and O–H groups in total. The third-order valence-corrected chi connectivity index (χ3v) is 3.49. The molecule has 0 fully saturated rings. The summed E-state index contributed by atoms with van der Waals surface area (Å²) in [5, 5.41) is 2.40. The highest BCUT2D eigenvalue weighted by Crippen LogP contribution is 2.25. The molecule has 0 aromatic heterocycles. The number of hydrogen-bond acceptors (Lipinski definition) is 3. The molecule has 0 aliphatic carbocycles. The van der Waals surface area contributed by atoms with Gasteiger partial charge >= 0.3 is 5.97 Å². The van der Waals surface area contributed by atoms with E-state index >= 15 is 0 Å². The molecule has 1 amide bonds. The SMILES string of the molecule is CCOC(=O)c1cccc(NC(=O)c2cc(F)c(Cl)cc2Cl)c1. The van der Waals surface area contributed by atoms with Crippen LogP contribution in [0.4, 0.5) is 10.1 Å². The van der Waals surface area contributed by atoms with Gasteiger partial charge in [-0.2, -0.15) is 0 Å². The number of benzene rings is 2. The van der Waals surface area contributed by atoms with Gasteiger partial charge in [-0.25, -0.2) is 9.18 Å². The minimum Gasteiger partial charge on any atom is -0.462 e. The summed E-state index contributed by atoms with van der Waals surface area (Å²) in [5.41, 5.74) is 0.583. The molecular weight excluding hydrogens is 344 g/mol. The number of anilines is 1. The van der Waals surface area contributed by atoms with Crippen molar-refractivity contribution in [3.05, 3.63) is 63.4 Å². The molecule has 2 rings (SSSR count). The van der Waals surface area contributed by atoms with Crippen LogP contribution in [0, 0.1) is 5.82 Å². The van der Waals surface area contributed by atoms with E-state index in [-0.39, 0.29) is 27.8 Å². The molecule has 23 heavy (non-hydrogen) atoms. The second kappa shape index (κ2) is 7.44. The molecule has 7 heteroatoms. The predicted molar refractivity (Wildman–Crippen MR) is 86.8 cm³/mol. The fraction of sp³-hybridized carbons (Fsp3) is 0.125. The topological polar surface area (TPSA) is 55.4 Å². The molecular formula is C16H12Cl2FNO3. The maximum atomic E-state index is 13.5. The van der Waals surface area contributed by atoms with E-state index in [4.69, 9.17) is 27.9 Å². The van der Waals surface area contributed by atoms with Crippen LogP contribution in [-0.2, 0) is 4.74 Å². The van der Waals surface area contributed by atoms with Gasteiger partial charge in [0.15, 0.2) is 0 Å². The van der Waals surface area contributed by atoms with Crippen molar-refractivity contribution >= 4 is 40.8 Å². The Balaban J connectivity index is 2.22. The average molecular weight is 356 g/mol. The molecule has 0 atom stereocenters. The van der Waals surface area contributed by atoms with Crippen molar-refractivity contribution in [2.24, 2.45) is 0 Å². The molecule has 0 aliphatic heterocycles. The highest BCUT2D eigenvalue weighted by molar-refractivity contribution is 6.37. The van der Waals surface area contributed by atoms with E-state index in [9.17, 15) is 14.0 Å². The minimum absolute atomic E-state index is 0.0236. The molecule has 0 aliphatic rings. The van der Waals surface area contributed by atoms with Gasteiger partial charge in [0.05, 0.1) is 27.8 Å². The Kier molecular flexibility index (Phi) is 5.58. The third-order valence-electron chi connectivity index (χ3n) is 2.89. The van der Waals surface area contributed by atoms with Crippen LogP contribution in [0.25, 0.3) is 0 Å². The Labute approximate surface area is 142 Å². The molecule has 2 aromatic rings. The van der Waals surface area contributed by atoms with Crippen LogP contribution in [0.3, 0.4) is 0 Å². The molecule has 120 valence electrons. The van der Waals surface area contributed by atoms with E-state index in [1.165, 1.54) is 6.07 Å². The third kappa shape index (κ3) is 4.21. The number of ether oxygens (including phenoxy) is 1. The van der Waals surface area contributed by atoms with Gasteiger partial charge < -0.3 is 10.1 Å². The zero-order valence-corrected chi connectivity index (χ0v) is 13.5. The summed E-state index contributed by atoms with van der Waals surface area (Å²) in [4.78, 5) is 23.9. The van der Waals surface area contributed by atoms with Crippen molar-refractivity contribution < 1.29 is 18.7 Å². The van der Waals surface area contributed by atoms with Crippen LogP contribution in [-0.4, -0.2) is 18.5 Å². The first-order valence-corrected chi connectivity index (χ1v) is 7.41. The van der Waals surface area contributed by atoms with Gasteiger partial charge in [0.25, 0.3) is 5.91 Å². The lowest BCUT2D eigenvalue weighted by atomic mass is 10.1. The quantitative estimate of drug-likeness (QED) is 0.645. The monoisotopic (exact) mass is 355 g/mol. The van der Waals surface area contributed by atoms with Crippen LogP contribution < -0.4 is 5.32 Å². The zero-order valence-electron chi connectivity index (χ0n) is 12.0. The van der Waals surface area contributed by atoms with E-state index in [2.05, 4.69) is 5.32 Å². The molecule has 0 heterocycles. The Bertz CT molecular complexity index is 765. The van der Waals surface area contributed by atoms with Gasteiger partial charge in [0, 0.05) is 5.69 Å². The summed E-state index contributed by atoms with van der Waals surface area (Å²) in [6.07, 6.45) is 0. The first-order chi connectivity index (χ1) is 10.9. The largest absolute Gasteiger partial charge is 0.462 e. The lowest BCUT2D eigenvalue weighted by Gasteiger charge is -2.09. The first kappa shape index (κ1) is 17.2. The number of carbonyl (C=O) groups is 2. The number of amides is 1. The normalized spacial score (nSPS) is 10.3. The summed E-state index contributed by atoms with van der Waals surface area (Å²) in [7, 11) is 0. The summed E-state index contributed by atoms with van der Waals surface area (Å²) in [6.45, 7) is 1.94. The maximum absolute atomic E-state index is 13.5. The van der Waals surface area contributed by atoms with Gasteiger partial charge in [-0.1, -0.05) is 29.3 Å². The van der Waals surface area contributed by atoms with E-state index in [1.54, 1.807) is 25.1 Å². The Morgan fingerprint density at radius 1 is 1.17 bits per heavy atom. The highest BCUT2D eigenvalue weighted by Gasteiger charge is 2.15. The summed E-state index contributed by atoms with van der Waals surface area (Å²) < 4.78 is 18.4. The summed E-state index contributed by atoms with van der Waals surface area (Å²) in [5.74, 6) is -1.87. The minimum atomic E-state index is -0.749. The Hall–Kier alpha value is -2.11. The van der Waals surface area contributed by atoms with Crippen LogP contribution in [0.15, 0.2) is 36.4 Å². The number of rotatable bonds is 4. The standard InChI is InChI=1S/C16H12Cl2FNO3/c1-2-23-16(22)9-4-3-5-10(6-9)20-15(21)11-7-14(19)13(18)8-12(11)17/h3-8H,2H2,1H3,(H,20,21). The van der Waals surface area contributed by atoms with Gasteiger partial charge in [-0.3, -0.25) is 4.79 Å². The van der Waals surface area contributed by atoms with Gasteiger partial charge in [-0.05, 0) is 37.3 Å². The molecule has 0 spiro atoms. The average Bonchev–Trinajstić information content (AvgIpc) is 2.51. The molecule has 0 radical (unpaired) electrons. The van der Waals surface area contributed by atoms with Crippen molar-refractivity contribution in [2.75, 3.05) is 11.9 Å². The molecule has 0 saturated carbocycles. The number of halogens is 3. The van der Waals surface area contributed by atoms with Gasteiger partial charge in [0.1, 0.15) is 5.82 Å². The Morgan fingerprint density at radius 3 is 2.61 bits per heavy atom. The van der Waals surface area contributed by atoms with E-state index < -0.39 is 17.7 Å². The van der Waals surface area contributed by atoms with E-state index in [0.29, 0.717) is 5.69 Å². The van der Waals surface area contributed by atoms with Crippen molar-refractivity contribution in [3.63, 3.8) is 0 Å². The molecule has 0 saturated heterocycles. The number of hydrogen-bond donors (Lipinski definition) is 1. The fourth-order valence-corrected chi connectivity index (χ4v) is 2.30. The van der Waals surface area contributed by atoms with Gasteiger partial charge in [-0.15, -0.1) is 0 Å². The second-order valence-electron chi connectivity index (χ2n) is 4.50. The number of esters is 1. The zero-order chi connectivity index (χ0) is 17.0. The van der Waals surface area contributed by atoms with Crippen LogP contribution in [0.5, 0.6) is 0 Å². The van der Waals surface area contributed by atoms with Crippen molar-refractivity contribution in [3.8, 4) is 0 Å². The second-order valence-corrected chi connectivity index (χ2v) is 5.32. The predicted octanol–water partition coefficient (Wildman–Crippen LogP) is 4.56. The smallest absolute Gasteiger partial charge is 0.338 e. The van der Waals surface area contributed by atoms with Crippen molar-refractivity contribution in [1.29, 1.82) is 0 Å². The van der Waals surface area contributed by atoms with Crippen LogP contribution in [0.2, 0.25) is 10.0 Å². The number of nitrogens with one attached hydrogen (secondary N) is 1. The van der Waals surface area contributed by atoms with Crippen LogP contribution in [0.1, 0.15) is 27.6 Å². The van der Waals surface area contributed by atoms with Crippen molar-refractivity contribution in [1.82, 2.24) is 0 Å². The maximum Gasteiger partial charge on any atom is 0.338 e. The molecule has 0 bridgehead atoms. The summed E-state index contributed by atoms with van der Waals surface area (Å²) in [6, 6.07) is 8.29. The fourth-order valence-electron chi connectivity index (χ4n) is 1.83. The van der Waals surface area contributed by atoms with Crippen LogP contribution >= 0.6 is 23.2 Å². The molecule has 4 nitrogen and oxygen atoms in total. The lowest BCUT2D eigenvalue weighted by Crippen LogP contribution is -2.13.